The molecule has 0 aliphatic carbocycles. The van der Waals surface area contributed by atoms with E-state index in [1.54, 1.807) is 7.11 Å². The Kier molecular flexibility index (Phi) is 4.52. The topological polar surface area (TPSA) is 61.8 Å². The van der Waals surface area contributed by atoms with Crippen molar-refractivity contribution in [3.05, 3.63) is 17.0 Å². The van der Waals surface area contributed by atoms with E-state index in [1.807, 2.05) is 6.92 Å². The van der Waals surface area contributed by atoms with E-state index < -0.39 is 0 Å². The Morgan fingerprint density at radius 1 is 1.50 bits per heavy atom. The van der Waals surface area contributed by atoms with Gasteiger partial charge in [0.05, 0.1) is 12.8 Å². The zero-order valence-corrected chi connectivity index (χ0v) is 10.6. The third-order valence-corrected chi connectivity index (χ3v) is 2.61. The lowest BCUT2D eigenvalue weighted by molar-refractivity contribution is 0.386. The first-order valence-corrected chi connectivity index (χ1v) is 5.68. The van der Waals surface area contributed by atoms with Crippen LogP contribution >= 0.6 is 0 Å². The summed E-state index contributed by atoms with van der Waals surface area (Å²) in [6, 6.07) is 0. The van der Waals surface area contributed by atoms with Crippen LogP contribution in [0, 0.1) is 18.3 Å². The highest BCUT2D eigenvalue weighted by Gasteiger charge is 2.12. The first-order valence-electron chi connectivity index (χ1n) is 5.68. The Balaban J connectivity index is 2.69. The largest absolute Gasteiger partial charge is 0.484 e. The van der Waals surface area contributed by atoms with Crippen molar-refractivity contribution in [2.75, 3.05) is 7.11 Å². The Hall–Kier alpha value is -1.32. The number of hydrogen-bond donors (Lipinski definition) is 2. The van der Waals surface area contributed by atoms with E-state index in [0.29, 0.717) is 18.2 Å². The summed E-state index contributed by atoms with van der Waals surface area (Å²) in [7, 11) is 1.54. The lowest BCUT2D eigenvalue weighted by Gasteiger charge is -2.06. The summed E-state index contributed by atoms with van der Waals surface area (Å²) in [5, 5.41) is 14.8. The Morgan fingerprint density at radius 2 is 2.19 bits per heavy atom. The number of nitrogens with one attached hydrogen (secondary N) is 2. The summed E-state index contributed by atoms with van der Waals surface area (Å²) in [5.74, 6) is 0.930. The van der Waals surface area contributed by atoms with Crippen LogP contribution in [0.3, 0.4) is 0 Å². The van der Waals surface area contributed by atoms with Crippen molar-refractivity contribution in [2.45, 2.75) is 40.0 Å². The van der Waals surface area contributed by atoms with Crippen molar-refractivity contribution in [3.8, 4) is 0 Å². The molecule has 0 fully saturated rings. The van der Waals surface area contributed by atoms with Gasteiger partial charge in [-0.3, -0.25) is 10.5 Å². The van der Waals surface area contributed by atoms with Gasteiger partial charge in [0.25, 0.3) is 0 Å². The number of aromatic amines is 1. The highest BCUT2D eigenvalue weighted by molar-refractivity contribution is 5.72. The van der Waals surface area contributed by atoms with Gasteiger partial charge in [-0.2, -0.15) is 5.10 Å². The van der Waals surface area contributed by atoms with E-state index in [0.717, 1.165) is 24.2 Å². The van der Waals surface area contributed by atoms with Gasteiger partial charge in [-0.05, 0) is 31.2 Å². The molecule has 1 rings (SSSR count). The van der Waals surface area contributed by atoms with Gasteiger partial charge in [0, 0.05) is 12.1 Å². The molecule has 0 unspecified atom stereocenters. The van der Waals surface area contributed by atoms with Crippen LogP contribution in [0.4, 0.5) is 0 Å². The average Bonchev–Trinajstić information content (AvgIpc) is 2.56. The average molecular weight is 223 g/mol. The fraction of sp³-hybridized carbons (Fsp3) is 0.667. The van der Waals surface area contributed by atoms with Gasteiger partial charge < -0.3 is 4.74 Å². The van der Waals surface area contributed by atoms with E-state index in [1.165, 1.54) is 5.56 Å². The van der Waals surface area contributed by atoms with Crippen molar-refractivity contribution in [2.24, 2.45) is 5.92 Å². The number of nitrogens with zero attached hydrogens (tertiary/aromatic N) is 1. The summed E-state index contributed by atoms with van der Waals surface area (Å²) in [4.78, 5) is 0. The molecular weight excluding hydrogens is 202 g/mol. The lowest BCUT2D eigenvalue weighted by Crippen LogP contribution is -2.04. The van der Waals surface area contributed by atoms with Crippen LogP contribution in [0.15, 0.2) is 0 Å². The number of H-pyrrole nitrogens is 1. The van der Waals surface area contributed by atoms with E-state index in [-0.39, 0.29) is 0 Å². The molecule has 0 atom stereocenters. The zero-order chi connectivity index (χ0) is 12.1. The zero-order valence-electron chi connectivity index (χ0n) is 10.6. The predicted octanol–water partition coefficient (Wildman–Crippen LogP) is 2.47. The number of hydrogen-bond acceptors (Lipinski definition) is 3. The standard InChI is InChI=1S/C12H21N3O/c1-8(2)7-11-10(9(3)14-15-11)5-6-12(13)16-4/h8,13H,5-7H2,1-4H3,(H,14,15). The predicted molar refractivity (Wildman–Crippen MR) is 64.9 cm³/mol. The fourth-order valence-corrected chi connectivity index (χ4v) is 1.73. The first-order chi connectivity index (χ1) is 7.54. The van der Waals surface area contributed by atoms with Gasteiger partial charge in [-0.25, -0.2) is 0 Å². The Bertz CT molecular complexity index is 355. The summed E-state index contributed by atoms with van der Waals surface area (Å²) >= 11 is 0. The van der Waals surface area contributed by atoms with Crippen LogP contribution in [0.1, 0.15) is 37.2 Å². The van der Waals surface area contributed by atoms with Gasteiger partial charge in [-0.15, -0.1) is 0 Å². The summed E-state index contributed by atoms with van der Waals surface area (Å²) in [5.41, 5.74) is 3.49. The highest BCUT2D eigenvalue weighted by Crippen LogP contribution is 2.16. The molecule has 0 radical (unpaired) electrons. The summed E-state index contributed by atoms with van der Waals surface area (Å²) < 4.78 is 4.86. The molecule has 4 nitrogen and oxygen atoms in total. The minimum Gasteiger partial charge on any atom is -0.484 e. The van der Waals surface area contributed by atoms with E-state index in [4.69, 9.17) is 10.1 Å². The van der Waals surface area contributed by atoms with Gasteiger partial charge in [0.2, 0.25) is 0 Å². The van der Waals surface area contributed by atoms with Gasteiger partial charge in [0.15, 0.2) is 5.90 Å². The minimum absolute atomic E-state index is 0.330. The fourth-order valence-electron chi connectivity index (χ4n) is 1.73. The minimum atomic E-state index is 0.330. The quantitative estimate of drug-likeness (QED) is 0.595. The van der Waals surface area contributed by atoms with Crippen LogP contribution in [0.5, 0.6) is 0 Å². The first kappa shape index (κ1) is 12.7. The Morgan fingerprint density at radius 3 is 2.75 bits per heavy atom. The second-order valence-corrected chi connectivity index (χ2v) is 4.50. The second kappa shape index (κ2) is 5.68. The van der Waals surface area contributed by atoms with E-state index in [2.05, 4.69) is 24.0 Å². The van der Waals surface area contributed by atoms with Crippen molar-refractivity contribution in [3.63, 3.8) is 0 Å². The van der Waals surface area contributed by atoms with Crippen LogP contribution in [-0.4, -0.2) is 23.2 Å². The molecule has 90 valence electrons. The molecule has 2 N–H and O–H groups in total. The SMILES string of the molecule is COC(=N)CCc1c(CC(C)C)n[nH]c1C. The molecule has 16 heavy (non-hydrogen) atoms. The van der Waals surface area contributed by atoms with Crippen molar-refractivity contribution < 1.29 is 4.74 Å². The van der Waals surface area contributed by atoms with E-state index in [9.17, 15) is 0 Å². The smallest absolute Gasteiger partial charge is 0.180 e. The third-order valence-electron chi connectivity index (χ3n) is 2.61. The third kappa shape index (κ3) is 3.36. The molecule has 0 saturated carbocycles. The molecule has 0 spiro atoms. The van der Waals surface area contributed by atoms with E-state index >= 15 is 0 Å². The molecule has 0 bridgehead atoms. The van der Waals surface area contributed by atoms with Crippen LogP contribution < -0.4 is 0 Å². The van der Waals surface area contributed by atoms with Crippen molar-refractivity contribution in [1.29, 1.82) is 5.41 Å². The summed E-state index contributed by atoms with van der Waals surface area (Å²) in [6.45, 7) is 6.40. The maximum absolute atomic E-state index is 7.47. The molecule has 1 aromatic heterocycles. The Labute approximate surface area is 96.9 Å². The maximum atomic E-state index is 7.47. The molecular formula is C12H21N3O. The second-order valence-electron chi connectivity index (χ2n) is 4.50. The van der Waals surface area contributed by atoms with Gasteiger partial charge in [-0.1, -0.05) is 13.8 Å². The molecule has 0 saturated heterocycles. The van der Waals surface area contributed by atoms with Crippen molar-refractivity contribution in [1.82, 2.24) is 10.2 Å². The number of methoxy groups -OCH3 is 1. The lowest BCUT2D eigenvalue weighted by atomic mass is 10.0. The molecule has 0 amide bonds. The van der Waals surface area contributed by atoms with Crippen LogP contribution in [0.25, 0.3) is 0 Å². The van der Waals surface area contributed by atoms with Crippen LogP contribution in [0.2, 0.25) is 0 Å². The summed E-state index contributed by atoms with van der Waals surface area (Å²) in [6.07, 6.45) is 2.46. The number of ether oxygens (including phenoxy) is 1. The maximum Gasteiger partial charge on any atom is 0.180 e. The molecule has 0 aliphatic heterocycles. The number of aromatic nitrogens is 2. The molecule has 4 heteroatoms. The number of rotatable bonds is 5. The number of aryl methyl sites for hydroxylation is 1. The molecule has 1 aromatic rings. The van der Waals surface area contributed by atoms with Gasteiger partial charge >= 0.3 is 0 Å². The van der Waals surface area contributed by atoms with Crippen molar-refractivity contribution >= 4 is 5.90 Å². The molecule has 0 aromatic carbocycles. The highest BCUT2D eigenvalue weighted by atomic mass is 16.5. The monoisotopic (exact) mass is 223 g/mol. The van der Waals surface area contributed by atoms with Gasteiger partial charge in [0.1, 0.15) is 0 Å². The molecule has 1 heterocycles. The van der Waals surface area contributed by atoms with Crippen LogP contribution in [-0.2, 0) is 17.6 Å². The normalized spacial score (nSPS) is 10.8. The molecule has 0 aliphatic rings.